The van der Waals surface area contributed by atoms with Crippen LogP contribution in [-0.4, -0.2) is 36.6 Å². The quantitative estimate of drug-likeness (QED) is 0.869. The minimum Gasteiger partial charge on any atom is -0.497 e. The molecule has 1 aromatic carbocycles. The molecule has 3 rings (SSSR count). The summed E-state index contributed by atoms with van der Waals surface area (Å²) in [6.07, 6.45) is 3.95. The van der Waals surface area contributed by atoms with Crippen molar-refractivity contribution in [1.29, 1.82) is 0 Å². The van der Waals surface area contributed by atoms with E-state index in [1.807, 2.05) is 31.2 Å². The Bertz CT molecular complexity index is 499. The van der Waals surface area contributed by atoms with Crippen LogP contribution < -0.4 is 10.5 Å². The van der Waals surface area contributed by atoms with Gasteiger partial charge in [0, 0.05) is 18.4 Å². The van der Waals surface area contributed by atoms with Gasteiger partial charge in [-0.3, -0.25) is 0 Å². The third-order valence-corrected chi connectivity index (χ3v) is 5.46. The van der Waals surface area contributed by atoms with Crippen LogP contribution in [0.15, 0.2) is 24.3 Å². The maximum atomic E-state index is 11.2. The molecule has 2 fully saturated rings. The highest BCUT2D eigenvalue weighted by atomic mass is 16.5. The van der Waals surface area contributed by atoms with Crippen molar-refractivity contribution in [1.82, 2.24) is 0 Å². The molecule has 0 saturated carbocycles. The van der Waals surface area contributed by atoms with E-state index in [0.29, 0.717) is 13.0 Å². The molecule has 2 aliphatic rings. The number of benzene rings is 1. The van der Waals surface area contributed by atoms with Crippen molar-refractivity contribution in [3.8, 4) is 5.75 Å². The van der Waals surface area contributed by atoms with Crippen LogP contribution in [0.25, 0.3) is 0 Å². The van der Waals surface area contributed by atoms with Crippen molar-refractivity contribution < 1.29 is 14.6 Å². The minimum absolute atomic E-state index is 0.0979. The van der Waals surface area contributed by atoms with Gasteiger partial charge in [-0.1, -0.05) is 12.1 Å². The molecule has 4 heteroatoms. The van der Waals surface area contributed by atoms with Gasteiger partial charge in [0.15, 0.2) is 0 Å². The maximum absolute atomic E-state index is 11.2. The van der Waals surface area contributed by atoms with E-state index in [1.165, 1.54) is 0 Å². The highest BCUT2D eigenvalue weighted by molar-refractivity contribution is 5.29. The van der Waals surface area contributed by atoms with Crippen LogP contribution in [0.4, 0.5) is 0 Å². The normalized spacial score (nSPS) is 33.9. The fourth-order valence-electron chi connectivity index (χ4n) is 4.12. The van der Waals surface area contributed by atoms with Gasteiger partial charge in [0.25, 0.3) is 0 Å². The van der Waals surface area contributed by atoms with Gasteiger partial charge in [0.1, 0.15) is 5.75 Å². The Balaban J connectivity index is 1.81. The van der Waals surface area contributed by atoms with Gasteiger partial charge in [0.2, 0.25) is 0 Å². The lowest BCUT2D eigenvalue weighted by Crippen LogP contribution is -2.57. The zero-order valence-corrected chi connectivity index (χ0v) is 12.8. The van der Waals surface area contributed by atoms with E-state index in [9.17, 15) is 5.11 Å². The largest absolute Gasteiger partial charge is 0.497 e. The second kappa shape index (κ2) is 5.27. The molecule has 1 aromatic rings. The van der Waals surface area contributed by atoms with Crippen molar-refractivity contribution in [2.75, 3.05) is 13.7 Å². The van der Waals surface area contributed by atoms with Crippen LogP contribution in [-0.2, 0) is 11.2 Å². The van der Waals surface area contributed by atoms with Crippen molar-refractivity contribution in [3.63, 3.8) is 0 Å². The van der Waals surface area contributed by atoms with Crippen LogP contribution in [0.5, 0.6) is 5.75 Å². The Hall–Kier alpha value is -1.10. The SMILES string of the molecule is COc1ccc(CC(C)(O)C2(CN)CC3CCC2O3)cc1. The molecule has 2 bridgehead atoms. The number of aliphatic hydroxyl groups is 1. The van der Waals surface area contributed by atoms with Crippen LogP contribution >= 0.6 is 0 Å². The molecule has 0 aromatic heterocycles. The maximum Gasteiger partial charge on any atom is 0.118 e. The van der Waals surface area contributed by atoms with Crippen molar-refractivity contribution in [2.45, 2.75) is 50.4 Å². The Morgan fingerprint density at radius 1 is 1.38 bits per heavy atom. The first-order valence-corrected chi connectivity index (χ1v) is 7.71. The summed E-state index contributed by atoms with van der Waals surface area (Å²) >= 11 is 0. The molecule has 4 unspecified atom stereocenters. The second-order valence-corrected chi connectivity index (χ2v) is 6.69. The van der Waals surface area contributed by atoms with E-state index < -0.39 is 5.60 Å². The second-order valence-electron chi connectivity index (χ2n) is 6.69. The highest BCUT2D eigenvalue weighted by Crippen LogP contribution is 2.53. The molecule has 0 radical (unpaired) electrons. The predicted octanol–water partition coefficient (Wildman–Crippen LogP) is 1.89. The van der Waals surface area contributed by atoms with E-state index >= 15 is 0 Å². The first kappa shape index (κ1) is 14.8. The summed E-state index contributed by atoms with van der Waals surface area (Å²) < 4.78 is 11.2. The highest BCUT2D eigenvalue weighted by Gasteiger charge is 2.60. The van der Waals surface area contributed by atoms with Crippen molar-refractivity contribution in [3.05, 3.63) is 29.8 Å². The average molecular weight is 291 g/mol. The molecular weight excluding hydrogens is 266 g/mol. The number of hydrogen-bond donors (Lipinski definition) is 2. The Morgan fingerprint density at radius 3 is 2.57 bits per heavy atom. The topological polar surface area (TPSA) is 64.7 Å². The fourth-order valence-corrected chi connectivity index (χ4v) is 4.12. The summed E-state index contributed by atoms with van der Waals surface area (Å²) in [5, 5.41) is 11.2. The monoisotopic (exact) mass is 291 g/mol. The molecule has 0 aliphatic carbocycles. The Morgan fingerprint density at radius 2 is 2.10 bits per heavy atom. The third-order valence-electron chi connectivity index (χ3n) is 5.46. The standard InChI is InChI=1S/C17H25NO3/c1-16(19,9-12-3-5-13(20-2)6-4-12)17(11-18)10-14-7-8-15(17)21-14/h3-6,14-15,19H,7-11,18H2,1-2H3. The van der Waals surface area contributed by atoms with Crippen molar-refractivity contribution in [2.24, 2.45) is 11.1 Å². The summed E-state index contributed by atoms with van der Waals surface area (Å²) in [6.45, 7) is 2.38. The fraction of sp³-hybridized carbons (Fsp3) is 0.647. The number of methoxy groups -OCH3 is 1. The molecular formula is C17H25NO3. The predicted molar refractivity (Wildman–Crippen MR) is 81.3 cm³/mol. The number of ether oxygens (including phenoxy) is 2. The van der Waals surface area contributed by atoms with Crippen LogP contribution in [0.3, 0.4) is 0 Å². The molecule has 0 amide bonds. The van der Waals surface area contributed by atoms with E-state index in [2.05, 4.69) is 0 Å². The minimum atomic E-state index is -0.865. The zero-order chi connectivity index (χ0) is 15.1. The Kier molecular flexibility index (Phi) is 3.72. The lowest BCUT2D eigenvalue weighted by atomic mass is 9.62. The first-order valence-electron chi connectivity index (χ1n) is 7.71. The smallest absolute Gasteiger partial charge is 0.118 e. The van der Waals surface area contributed by atoms with Gasteiger partial charge >= 0.3 is 0 Å². The van der Waals surface area contributed by atoms with E-state index in [-0.39, 0.29) is 17.6 Å². The van der Waals surface area contributed by atoms with Crippen LogP contribution in [0.2, 0.25) is 0 Å². The molecule has 21 heavy (non-hydrogen) atoms. The number of hydrogen-bond acceptors (Lipinski definition) is 4. The number of fused-ring (bicyclic) bond motifs is 2. The lowest BCUT2D eigenvalue weighted by molar-refractivity contribution is -0.0982. The van der Waals surface area contributed by atoms with E-state index in [0.717, 1.165) is 30.6 Å². The summed E-state index contributed by atoms with van der Waals surface area (Å²) in [7, 11) is 1.65. The number of rotatable bonds is 5. The molecule has 2 heterocycles. The van der Waals surface area contributed by atoms with Gasteiger partial charge in [-0.15, -0.1) is 0 Å². The molecule has 4 nitrogen and oxygen atoms in total. The molecule has 3 N–H and O–H groups in total. The lowest BCUT2D eigenvalue weighted by Gasteiger charge is -2.46. The van der Waals surface area contributed by atoms with E-state index in [4.69, 9.17) is 15.2 Å². The van der Waals surface area contributed by atoms with Gasteiger partial charge in [0.05, 0.1) is 24.9 Å². The van der Waals surface area contributed by atoms with Gasteiger partial charge in [-0.2, -0.15) is 0 Å². The molecule has 2 saturated heterocycles. The molecule has 0 spiro atoms. The zero-order valence-electron chi connectivity index (χ0n) is 12.8. The summed E-state index contributed by atoms with van der Waals surface area (Å²) in [5.74, 6) is 0.829. The summed E-state index contributed by atoms with van der Waals surface area (Å²) in [4.78, 5) is 0. The van der Waals surface area contributed by atoms with Gasteiger partial charge in [-0.25, -0.2) is 0 Å². The van der Waals surface area contributed by atoms with Gasteiger partial charge in [-0.05, 0) is 43.9 Å². The Labute approximate surface area is 126 Å². The molecule has 2 aliphatic heterocycles. The molecule has 4 atom stereocenters. The summed E-state index contributed by atoms with van der Waals surface area (Å²) in [6, 6.07) is 7.87. The molecule has 116 valence electrons. The van der Waals surface area contributed by atoms with Gasteiger partial charge < -0.3 is 20.3 Å². The average Bonchev–Trinajstić information content (AvgIpc) is 3.08. The van der Waals surface area contributed by atoms with Crippen LogP contribution in [0.1, 0.15) is 31.7 Å². The third kappa shape index (κ3) is 2.35. The van der Waals surface area contributed by atoms with E-state index in [1.54, 1.807) is 7.11 Å². The van der Waals surface area contributed by atoms with Crippen molar-refractivity contribution >= 4 is 0 Å². The summed E-state index contributed by atoms with van der Waals surface area (Å²) in [5.41, 5.74) is 5.99. The number of nitrogens with two attached hydrogens (primary N) is 1. The van der Waals surface area contributed by atoms with Crippen LogP contribution in [0, 0.1) is 5.41 Å². The first-order chi connectivity index (χ1) is 10.0.